The largest absolute Gasteiger partial charge is 0.507 e. The van der Waals surface area contributed by atoms with Crippen LogP contribution in [0.4, 0.5) is 0 Å². The maximum atomic E-state index is 11.2. The van der Waals surface area contributed by atoms with Crippen LogP contribution in [0.3, 0.4) is 0 Å². The first-order valence-corrected chi connectivity index (χ1v) is 6.81. The average Bonchev–Trinajstić information content (AvgIpc) is 2.13. The lowest BCUT2D eigenvalue weighted by Gasteiger charge is -2.33. The summed E-state index contributed by atoms with van der Waals surface area (Å²) < 4.78 is 28.1. The van der Waals surface area contributed by atoms with Gasteiger partial charge in [-0.3, -0.25) is 0 Å². The molecule has 0 amide bonds. The number of primary sulfonamides is 1. The quantitative estimate of drug-likeness (QED) is 0.789. The van der Waals surface area contributed by atoms with E-state index in [4.69, 9.17) is 9.88 Å². The van der Waals surface area contributed by atoms with Gasteiger partial charge in [0.05, 0.1) is 4.90 Å². The standard InChI is InChI=1S/C11H15NO4S/c1-11(2)4-3-8-9(13)5-7(17(12,14)15)6-10(8)16-11/h5-6,13H,3-4H2,1-2H3,(H2,12,14,15). The van der Waals surface area contributed by atoms with Crippen LogP contribution in [0.2, 0.25) is 0 Å². The number of nitrogens with two attached hydrogens (primary N) is 1. The molecule has 1 aromatic rings. The first kappa shape index (κ1) is 12.2. The molecule has 0 bridgehead atoms. The van der Waals surface area contributed by atoms with Gasteiger partial charge >= 0.3 is 0 Å². The zero-order chi connectivity index (χ0) is 12.8. The van der Waals surface area contributed by atoms with E-state index in [2.05, 4.69) is 0 Å². The van der Waals surface area contributed by atoms with E-state index in [1.165, 1.54) is 6.07 Å². The van der Waals surface area contributed by atoms with Gasteiger partial charge in [-0.2, -0.15) is 0 Å². The van der Waals surface area contributed by atoms with Crippen molar-refractivity contribution in [2.75, 3.05) is 0 Å². The molecule has 0 saturated heterocycles. The van der Waals surface area contributed by atoms with Gasteiger partial charge in [0.2, 0.25) is 10.0 Å². The summed E-state index contributed by atoms with van der Waals surface area (Å²) in [4.78, 5) is -0.133. The Morgan fingerprint density at radius 3 is 2.65 bits per heavy atom. The third kappa shape index (κ3) is 2.37. The summed E-state index contributed by atoms with van der Waals surface area (Å²) >= 11 is 0. The van der Waals surface area contributed by atoms with Crippen molar-refractivity contribution in [3.8, 4) is 11.5 Å². The lowest BCUT2D eigenvalue weighted by molar-refractivity contribution is 0.0833. The van der Waals surface area contributed by atoms with Gasteiger partial charge in [-0.25, -0.2) is 13.6 Å². The smallest absolute Gasteiger partial charge is 0.238 e. The van der Waals surface area contributed by atoms with E-state index >= 15 is 0 Å². The monoisotopic (exact) mass is 257 g/mol. The molecule has 0 aromatic heterocycles. The molecule has 0 unspecified atom stereocenters. The second-order valence-electron chi connectivity index (χ2n) is 4.83. The summed E-state index contributed by atoms with van der Waals surface area (Å²) in [6.07, 6.45) is 1.42. The van der Waals surface area contributed by atoms with Gasteiger partial charge in [0.15, 0.2) is 0 Å². The number of phenolic OH excluding ortho intramolecular Hbond substituents is 1. The third-order valence-electron chi connectivity index (χ3n) is 2.85. The van der Waals surface area contributed by atoms with Crippen LogP contribution in [0.1, 0.15) is 25.8 Å². The molecule has 0 saturated carbocycles. The third-order valence-corrected chi connectivity index (χ3v) is 3.74. The zero-order valence-corrected chi connectivity index (χ0v) is 10.5. The van der Waals surface area contributed by atoms with Crippen LogP contribution < -0.4 is 9.88 Å². The highest BCUT2D eigenvalue weighted by Gasteiger charge is 2.29. The summed E-state index contributed by atoms with van der Waals surface area (Å²) in [6.45, 7) is 3.83. The van der Waals surface area contributed by atoms with E-state index in [9.17, 15) is 13.5 Å². The van der Waals surface area contributed by atoms with E-state index in [0.29, 0.717) is 17.7 Å². The Morgan fingerprint density at radius 1 is 1.41 bits per heavy atom. The Kier molecular flexibility index (Phi) is 2.59. The SMILES string of the molecule is CC1(C)CCc2c(O)cc(S(N)(=O)=O)cc2O1. The molecule has 17 heavy (non-hydrogen) atoms. The number of fused-ring (bicyclic) bond motifs is 1. The minimum atomic E-state index is -3.84. The van der Waals surface area contributed by atoms with Crippen molar-refractivity contribution in [2.45, 2.75) is 37.2 Å². The number of ether oxygens (including phenoxy) is 1. The summed E-state index contributed by atoms with van der Waals surface area (Å²) in [5, 5.41) is 14.8. The lowest BCUT2D eigenvalue weighted by Crippen LogP contribution is -2.32. The maximum absolute atomic E-state index is 11.2. The van der Waals surface area contributed by atoms with E-state index in [1.54, 1.807) is 0 Å². The second-order valence-corrected chi connectivity index (χ2v) is 6.39. The maximum Gasteiger partial charge on any atom is 0.238 e. The van der Waals surface area contributed by atoms with Crippen molar-refractivity contribution in [1.82, 2.24) is 0 Å². The van der Waals surface area contributed by atoms with Gasteiger partial charge in [0, 0.05) is 17.7 Å². The van der Waals surface area contributed by atoms with Crippen LogP contribution in [-0.2, 0) is 16.4 Å². The first-order valence-electron chi connectivity index (χ1n) is 5.27. The van der Waals surface area contributed by atoms with Crippen molar-refractivity contribution in [3.63, 3.8) is 0 Å². The molecule has 0 aliphatic carbocycles. The molecule has 1 aliphatic rings. The Balaban J connectivity index is 2.57. The molecule has 0 spiro atoms. The van der Waals surface area contributed by atoms with Gasteiger partial charge in [-0.15, -0.1) is 0 Å². The highest BCUT2D eigenvalue weighted by Crippen LogP contribution is 2.39. The molecular formula is C11H15NO4S. The van der Waals surface area contributed by atoms with Crippen LogP contribution in [0.5, 0.6) is 11.5 Å². The number of aromatic hydroxyl groups is 1. The topological polar surface area (TPSA) is 89.6 Å². The predicted octanol–water partition coefficient (Wildman–Crippen LogP) is 1.14. The second kappa shape index (κ2) is 3.61. The fourth-order valence-corrected chi connectivity index (χ4v) is 2.43. The molecule has 2 rings (SSSR count). The summed E-state index contributed by atoms with van der Waals surface area (Å²) in [6, 6.07) is 2.53. The first-order chi connectivity index (χ1) is 7.69. The summed E-state index contributed by atoms with van der Waals surface area (Å²) in [5.74, 6) is 0.312. The highest BCUT2D eigenvalue weighted by molar-refractivity contribution is 7.89. The van der Waals surface area contributed by atoms with Crippen LogP contribution in [0, 0.1) is 0 Å². The van der Waals surface area contributed by atoms with Crippen LogP contribution in [0.15, 0.2) is 17.0 Å². The Hall–Kier alpha value is -1.27. The molecule has 0 fully saturated rings. The van der Waals surface area contributed by atoms with E-state index in [0.717, 1.165) is 12.5 Å². The molecule has 5 nitrogen and oxygen atoms in total. The minimum absolute atomic E-state index is 0.0815. The van der Waals surface area contributed by atoms with E-state index < -0.39 is 10.0 Å². The molecule has 1 aliphatic heterocycles. The van der Waals surface area contributed by atoms with E-state index in [-0.39, 0.29) is 16.2 Å². The van der Waals surface area contributed by atoms with Crippen molar-refractivity contribution >= 4 is 10.0 Å². The number of benzene rings is 1. The predicted molar refractivity (Wildman–Crippen MR) is 62.5 cm³/mol. The number of hydrogen-bond acceptors (Lipinski definition) is 4. The Bertz CT molecular complexity index is 563. The van der Waals surface area contributed by atoms with Crippen molar-refractivity contribution in [1.29, 1.82) is 0 Å². The fourth-order valence-electron chi connectivity index (χ4n) is 1.89. The Morgan fingerprint density at radius 2 is 2.06 bits per heavy atom. The molecule has 0 atom stereocenters. The fraction of sp³-hybridized carbons (Fsp3) is 0.455. The average molecular weight is 257 g/mol. The molecule has 94 valence electrons. The van der Waals surface area contributed by atoms with Crippen molar-refractivity contribution in [3.05, 3.63) is 17.7 Å². The molecule has 1 aromatic carbocycles. The van der Waals surface area contributed by atoms with Crippen molar-refractivity contribution in [2.24, 2.45) is 5.14 Å². The van der Waals surface area contributed by atoms with Crippen molar-refractivity contribution < 1.29 is 18.3 Å². The highest BCUT2D eigenvalue weighted by atomic mass is 32.2. The summed E-state index contributed by atoms with van der Waals surface area (Å²) in [7, 11) is -3.84. The van der Waals surface area contributed by atoms with Crippen LogP contribution in [0.25, 0.3) is 0 Å². The van der Waals surface area contributed by atoms with Gasteiger partial charge < -0.3 is 9.84 Å². The van der Waals surface area contributed by atoms with Gasteiger partial charge in [-0.1, -0.05) is 0 Å². The van der Waals surface area contributed by atoms with Crippen LogP contribution >= 0.6 is 0 Å². The molecule has 0 radical (unpaired) electrons. The van der Waals surface area contributed by atoms with Gasteiger partial charge in [0.25, 0.3) is 0 Å². The van der Waals surface area contributed by atoms with Crippen LogP contribution in [-0.4, -0.2) is 19.1 Å². The minimum Gasteiger partial charge on any atom is -0.507 e. The molecule has 6 heteroatoms. The van der Waals surface area contributed by atoms with E-state index in [1.807, 2.05) is 13.8 Å². The summed E-state index contributed by atoms with van der Waals surface area (Å²) in [5.41, 5.74) is 0.271. The lowest BCUT2D eigenvalue weighted by atomic mass is 9.94. The number of phenols is 1. The zero-order valence-electron chi connectivity index (χ0n) is 9.73. The molecule has 3 N–H and O–H groups in total. The molecule has 1 heterocycles. The number of hydrogen-bond donors (Lipinski definition) is 2. The normalized spacial score (nSPS) is 18.3. The number of sulfonamides is 1. The van der Waals surface area contributed by atoms with Gasteiger partial charge in [0.1, 0.15) is 17.1 Å². The molecular weight excluding hydrogens is 242 g/mol. The van der Waals surface area contributed by atoms with Gasteiger partial charge in [-0.05, 0) is 26.7 Å². The Labute approximate surface area is 100 Å². The number of rotatable bonds is 1.